The molecule has 1 aliphatic carbocycles. The van der Waals surface area contributed by atoms with Crippen LogP contribution in [-0.2, 0) is 0 Å². The summed E-state index contributed by atoms with van der Waals surface area (Å²) in [6.45, 7) is 11.1. The van der Waals surface area contributed by atoms with Crippen molar-refractivity contribution in [3.8, 4) is 0 Å². The largest absolute Gasteiger partial charge is 0.341 e. The molecule has 0 aromatic rings. The van der Waals surface area contributed by atoms with Gasteiger partial charge in [0.1, 0.15) is 0 Å². The summed E-state index contributed by atoms with van der Waals surface area (Å²) < 4.78 is 0. The smallest absolute Gasteiger partial charge is 0.0569 e. The van der Waals surface area contributed by atoms with E-state index in [1.54, 1.807) is 6.21 Å². The molecule has 0 amide bonds. The fourth-order valence-electron chi connectivity index (χ4n) is 3.40. The highest BCUT2D eigenvalue weighted by Crippen LogP contribution is 2.36. The molecule has 0 aromatic carbocycles. The fourth-order valence-corrected chi connectivity index (χ4v) is 3.40. The van der Waals surface area contributed by atoms with Gasteiger partial charge in [0.25, 0.3) is 0 Å². The Balaban J connectivity index is 3.23. The minimum absolute atomic E-state index is 0.133. The Morgan fingerprint density at radius 1 is 1.26 bits per heavy atom. The number of likely N-dealkylation sites (N-methyl/N-ethyl adjacent to an activating group) is 1. The normalized spacial score (nSPS) is 19.5. The zero-order valence-corrected chi connectivity index (χ0v) is 15.3. The Morgan fingerprint density at radius 3 is 2.48 bits per heavy atom. The van der Waals surface area contributed by atoms with Gasteiger partial charge in [-0.05, 0) is 58.4 Å². The van der Waals surface area contributed by atoms with Crippen LogP contribution in [0.3, 0.4) is 0 Å². The maximum absolute atomic E-state index is 4.22. The molecule has 0 radical (unpaired) electrons. The van der Waals surface area contributed by atoms with Crippen molar-refractivity contribution in [1.29, 1.82) is 0 Å². The Kier molecular flexibility index (Phi) is 8.64. The molecule has 3 nitrogen and oxygen atoms in total. The van der Waals surface area contributed by atoms with Crippen molar-refractivity contribution in [2.75, 3.05) is 13.6 Å². The maximum atomic E-state index is 4.22. The molecule has 0 spiro atoms. The molecule has 0 unspecified atom stereocenters. The van der Waals surface area contributed by atoms with Crippen molar-refractivity contribution in [2.24, 2.45) is 4.99 Å². The van der Waals surface area contributed by atoms with Crippen molar-refractivity contribution in [3.63, 3.8) is 0 Å². The third-order valence-corrected chi connectivity index (χ3v) is 4.39. The van der Waals surface area contributed by atoms with Gasteiger partial charge >= 0.3 is 0 Å². The van der Waals surface area contributed by atoms with Crippen molar-refractivity contribution < 1.29 is 0 Å². The predicted molar refractivity (Wildman–Crippen MR) is 103 cm³/mol. The van der Waals surface area contributed by atoms with Crippen LogP contribution in [0.5, 0.6) is 0 Å². The first-order valence-electron chi connectivity index (χ1n) is 8.69. The Bertz CT molecular complexity index is 472. The van der Waals surface area contributed by atoms with E-state index in [0.717, 1.165) is 17.8 Å². The molecule has 0 aliphatic heterocycles. The van der Waals surface area contributed by atoms with Crippen LogP contribution in [0.4, 0.5) is 0 Å². The molecule has 23 heavy (non-hydrogen) atoms. The fraction of sp³-hybridized carbons (Fsp3) is 0.550. The Labute approximate surface area is 142 Å². The van der Waals surface area contributed by atoms with Crippen LogP contribution in [0, 0.1) is 0 Å². The predicted octanol–water partition coefficient (Wildman–Crippen LogP) is 4.81. The highest BCUT2D eigenvalue weighted by atomic mass is 15.2. The van der Waals surface area contributed by atoms with E-state index in [-0.39, 0.29) is 5.54 Å². The quantitative estimate of drug-likeness (QED) is 0.514. The second-order valence-corrected chi connectivity index (χ2v) is 6.22. The summed E-state index contributed by atoms with van der Waals surface area (Å²) in [4.78, 5) is 6.64. The van der Waals surface area contributed by atoms with Gasteiger partial charge in [-0.3, -0.25) is 4.99 Å². The summed E-state index contributed by atoms with van der Waals surface area (Å²) in [5, 5.41) is 3.41. The summed E-state index contributed by atoms with van der Waals surface area (Å²) in [5.41, 5.74) is 2.40. The minimum Gasteiger partial charge on any atom is -0.341 e. The van der Waals surface area contributed by atoms with Crippen LogP contribution in [0.2, 0.25) is 0 Å². The molecule has 1 saturated carbocycles. The van der Waals surface area contributed by atoms with Crippen LogP contribution in [0.15, 0.2) is 53.5 Å². The lowest BCUT2D eigenvalue weighted by Crippen LogP contribution is -2.52. The number of hydrogen-bond acceptors (Lipinski definition) is 3. The SMILES string of the molecule is C=C/C(=C/C(C)=C/N=C\C)N(C=CC)C1(CNC)CCCCC1. The van der Waals surface area contributed by atoms with Gasteiger partial charge in [-0.25, -0.2) is 0 Å². The molecular weight excluding hydrogens is 282 g/mol. The molecule has 0 saturated heterocycles. The second kappa shape index (κ2) is 10.2. The molecule has 1 aliphatic rings. The lowest BCUT2D eigenvalue weighted by atomic mass is 9.79. The van der Waals surface area contributed by atoms with Crippen LogP contribution < -0.4 is 5.32 Å². The van der Waals surface area contributed by atoms with Crippen molar-refractivity contribution in [1.82, 2.24) is 10.2 Å². The van der Waals surface area contributed by atoms with E-state index >= 15 is 0 Å². The zero-order valence-electron chi connectivity index (χ0n) is 15.3. The van der Waals surface area contributed by atoms with E-state index in [9.17, 15) is 0 Å². The van der Waals surface area contributed by atoms with Crippen molar-refractivity contribution in [3.05, 3.63) is 48.5 Å². The lowest BCUT2D eigenvalue weighted by molar-refractivity contribution is 0.130. The Hall–Kier alpha value is -1.61. The highest BCUT2D eigenvalue weighted by molar-refractivity contribution is 5.54. The van der Waals surface area contributed by atoms with Gasteiger partial charge in [0.2, 0.25) is 0 Å². The van der Waals surface area contributed by atoms with Gasteiger partial charge in [0.15, 0.2) is 0 Å². The number of allylic oxidation sites excluding steroid dienone is 4. The summed E-state index contributed by atoms with van der Waals surface area (Å²) in [5.74, 6) is 0. The van der Waals surface area contributed by atoms with E-state index in [2.05, 4.69) is 54.0 Å². The molecule has 0 bridgehead atoms. The van der Waals surface area contributed by atoms with E-state index < -0.39 is 0 Å². The average Bonchev–Trinajstić information content (AvgIpc) is 2.57. The van der Waals surface area contributed by atoms with Crippen LogP contribution >= 0.6 is 0 Å². The molecule has 0 atom stereocenters. The zero-order chi connectivity index (χ0) is 17.1. The van der Waals surface area contributed by atoms with Gasteiger partial charge in [0, 0.05) is 30.9 Å². The van der Waals surface area contributed by atoms with Gasteiger partial charge in [-0.15, -0.1) is 0 Å². The highest BCUT2D eigenvalue weighted by Gasteiger charge is 2.36. The molecule has 1 N–H and O–H groups in total. The molecule has 0 aromatic heterocycles. The number of nitrogens with one attached hydrogen (secondary N) is 1. The summed E-state index contributed by atoms with van der Waals surface area (Å²) in [6.07, 6.45) is 18.5. The topological polar surface area (TPSA) is 27.6 Å². The standard InChI is InChI=1S/C20H33N3/c1-6-14-23(19(7-2)15-18(4)16-22-8-3)20(17-21-5)12-10-9-11-13-20/h6-8,14-16,21H,2,9-13,17H2,1,3-5H3/b14-6?,18-16+,19-15-,22-8-. The number of rotatable bonds is 8. The van der Waals surface area contributed by atoms with Crippen molar-refractivity contribution in [2.45, 2.75) is 58.4 Å². The van der Waals surface area contributed by atoms with Gasteiger partial charge in [-0.1, -0.05) is 31.9 Å². The maximum Gasteiger partial charge on any atom is 0.0569 e. The van der Waals surface area contributed by atoms with Gasteiger partial charge < -0.3 is 10.2 Å². The lowest BCUT2D eigenvalue weighted by Gasteiger charge is -2.47. The van der Waals surface area contributed by atoms with Crippen LogP contribution in [-0.4, -0.2) is 30.2 Å². The Morgan fingerprint density at radius 2 is 1.96 bits per heavy atom. The third kappa shape index (κ3) is 5.51. The van der Waals surface area contributed by atoms with Crippen LogP contribution in [0.25, 0.3) is 0 Å². The molecule has 128 valence electrons. The summed E-state index contributed by atoms with van der Waals surface area (Å²) >= 11 is 0. The number of nitrogens with zero attached hydrogens (tertiary/aromatic N) is 2. The summed E-state index contributed by atoms with van der Waals surface area (Å²) in [6, 6.07) is 0. The number of hydrogen-bond donors (Lipinski definition) is 1. The molecule has 3 heteroatoms. The monoisotopic (exact) mass is 315 g/mol. The van der Waals surface area contributed by atoms with Gasteiger partial charge in [0.05, 0.1) is 5.54 Å². The van der Waals surface area contributed by atoms with Gasteiger partial charge in [-0.2, -0.15) is 0 Å². The average molecular weight is 316 g/mol. The van der Waals surface area contributed by atoms with Crippen LogP contribution in [0.1, 0.15) is 52.9 Å². The summed E-state index contributed by atoms with van der Waals surface area (Å²) in [7, 11) is 2.04. The second-order valence-electron chi connectivity index (χ2n) is 6.22. The van der Waals surface area contributed by atoms with Crippen molar-refractivity contribution >= 4 is 6.21 Å². The van der Waals surface area contributed by atoms with E-state index in [1.807, 2.05) is 26.2 Å². The minimum atomic E-state index is 0.133. The van der Waals surface area contributed by atoms with E-state index in [4.69, 9.17) is 0 Å². The third-order valence-electron chi connectivity index (χ3n) is 4.39. The first kappa shape index (κ1) is 19.4. The molecule has 1 fully saturated rings. The van der Waals surface area contributed by atoms with E-state index in [1.165, 1.54) is 32.1 Å². The number of aliphatic imine (C=N–C) groups is 1. The molecule has 0 heterocycles. The van der Waals surface area contributed by atoms with E-state index in [0.29, 0.717) is 0 Å². The first-order chi connectivity index (χ1) is 11.1. The first-order valence-corrected chi connectivity index (χ1v) is 8.69. The molecular formula is C20H33N3. The molecule has 1 rings (SSSR count).